The summed E-state index contributed by atoms with van der Waals surface area (Å²) in [4.78, 5) is 21.9. The van der Waals surface area contributed by atoms with Crippen molar-refractivity contribution in [3.63, 3.8) is 0 Å². The Morgan fingerprint density at radius 1 is 0.848 bits per heavy atom. The van der Waals surface area contributed by atoms with Crippen molar-refractivity contribution in [3.05, 3.63) is 89.8 Å². The van der Waals surface area contributed by atoms with Crippen LogP contribution in [-0.4, -0.2) is 24.3 Å². The number of rotatable bonds is 6. The molecule has 0 unspecified atom stereocenters. The van der Waals surface area contributed by atoms with Crippen molar-refractivity contribution in [2.24, 2.45) is 0 Å². The molecule has 0 fully saturated rings. The first kappa shape index (κ1) is 21.3. The van der Waals surface area contributed by atoms with E-state index in [4.69, 9.17) is 0 Å². The summed E-state index contributed by atoms with van der Waals surface area (Å²) in [5.74, 6) is -0.335. The number of fused-ring (bicyclic) bond motifs is 1. The number of carbonyl (C=O) groups excluding carboxylic acids is 1. The first-order valence-corrected chi connectivity index (χ1v) is 13.0. The summed E-state index contributed by atoms with van der Waals surface area (Å²) >= 11 is 2.87. The molecule has 3 aromatic carbocycles. The minimum Gasteiger partial charge on any atom is -0.298 e. The lowest BCUT2D eigenvalue weighted by Gasteiger charge is -2.08. The van der Waals surface area contributed by atoms with Gasteiger partial charge in [0.25, 0.3) is 15.9 Å². The van der Waals surface area contributed by atoms with Crippen LogP contribution in [-0.2, 0) is 10.0 Å². The fourth-order valence-electron chi connectivity index (χ4n) is 3.08. The Bertz CT molecular complexity index is 1510. The van der Waals surface area contributed by atoms with Gasteiger partial charge >= 0.3 is 0 Å². The Morgan fingerprint density at radius 3 is 2.33 bits per heavy atom. The maximum atomic E-state index is 12.6. The average molecular weight is 493 g/mol. The highest BCUT2D eigenvalue weighted by atomic mass is 32.2. The maximum absolute atomic E-state index is 12.6. The lowest BCUT2D eigenvalue weighted by atomic mass is 10.2. The van der Waals surface area contributed by atoms with Crippen LogP contribution in [0, 0.1) is 0 Å². The van der Waals surface area contributed by atoms with Gasteiger partial charge in [0, 0.05) is 16.6 Å². The van der Waals surface area contributed by atoms with Gasteiger partial charge in [-0.2, -0.15) is 0 Å². The van der Waals surface area contributed by atoms with Crippen molar-refractivity contribution in [1.29, 1.82) is 0 Å². The molecule has 0 spiro atoms. The molecule has 0 aliphatic rings. The average Bonchev–Trinajstić information content (AvgIpc) is 3.47. The summed E-state index contributed by atoms with van der Waals surface area (Å²) in [6.45, 7) is 0. The molecule has 1 amide bonds. The molecular weight excluding hydrogens is 476 g/mol. The molecule has 0 atom stereocenters. The van der Waals surface area contributed by atoms with E-state index in [1.165, 1.54) is 23.5 Å². The summed E-state index contributed by atoms with van der Waals surface area (Å²) in [6.07, 6.45) is 0. The predicted molar refractivity (Wildman–Crippen MR) is 132 cm³/mol. The van der Waals surface area contributed by atoms with Gasteiger partial charge in [-0.1, -0.05) is 30.3 Å². The quantitative estimate of drug-likeness (QED) is 0.327. The third-order valence-corrected chi connectivity index (χ3v) is 7.90. The molecule has 5 rings (SSSR count). The van der Waals surface area contributed by atoms with Crippen LogP contribution in [0.3, 0.4) is 0 Å². The minimum absolute atomic E-state index is 0.166. The summed E-state index contributed by atoms with van der Waals surface area (Å²) in [5, 5.41) is 5.89. The number of hydrogen-bond donors (Lipinski definition) is 2. The number of para-hydroxylation sites is 1. The second-order valence-electron chi connectivity index (χ2n) is 6.97. The molecule has 0 bridgehead atoms. The summed E-state index contributed by atoms with van der Waals surface area (Å²) in [5.41, 5.74) is 2.37. The fourth-order valence-corrected chi connectivity index (χ4v) is 5.85. The Kier molecular flexibility index (Phi) is 5.63. The van der Waals surface area contributed by atoms with E-state index in [0.29, 0.717) is 22.1 Å². The zero-order chi connectivity index (χ0) is 22.8. The molecule has 0 radical (unpaired) electrons. The van der Waals surface area contributed by atoms with Crippen molar-refractivity contribution >= 4 is 59.6 Å². The standard InChI is InChI=1S/C23H16N4O3S3/c28-21(15-10-12-16(13-11-15)27-33(29,30)17-6-2-1-3-7-17)26-23-25-19(14-31-23)22-24-18-8-4-5-9-20(18)32-22/h1-14,27H,(H,25,26,28). The number of thiazole rings is 2. The zero-order valence-electron chi connectivity index (χ0n) is 16.9. The molecule has 2 heterocycles. The van der Waals surface area contributed by atoms with Crippen LogP contribution in [0.15, 0.2) is 89.1 Å². The first-order valence-electron chi connectivity index (χ1n) is 9.79. The third kappa shape index (κ3) is 4.63. The largest absolute Gasteiger partial charge is 0.298 e. The lowest BCUT2D eigenvalue weighted by Crippen LogP contribution is -2.14. The predicted octanol–water partition coefficient (Wildman–Crippen LogP) is 5.47. The van der Waals surface area contributed by atoms with Crippen molar-refractivity contribution in [2.75, 3.05) is 10.0 Å². The van der Waals surface area contributed by atoms with Crippen LogP contribution >= 0.6 is 22.7 Å². The van der Waals surface area contributed by atoms with E-state index in [-0.39, 0.29) is 10.8 Å². The SMILES string of the molecule is O=C(Nc1nc(-c2nc3ccccc3s2)cs1)c1ccc(NS(=O)(=O)c2ccccc2)cc1. The highest BCUT2D eigenvalue weighted by molar-refractivity contribution is 7.92. The molecule has 10 heteroatoms. The van der Waals surface area contributed by atoms with E-state index >= 15 is 0 Å². The van der Waals surface area contributed by atoms with E-state index in [9.17, 15) is 13.2 Å². The van der Waals surface area contributed by atoms with E-state index < -0.39 is 10.0 Å². The van der Waals surface area contributed by atoms with Crippen molar-refractivity contribution in [3.8, 4) is 10.7 Å². The van der Waals surface area contributed by atoms with Crippen molar-refractivity contribution in [1.82, 2.24) is 9.97 Å². The van der Waals surface area contributed by atoms with Crippen LogP contribution in [0.2, 0.25) is 0 Å². The number of nitrogens with zero attached hydrogens (tertiary/aromatic N) is 2. The Morgan fingerprint density at radius 2 is 1.58 bits per heavy atom. The van der Waals surface area contributed by atoms with Crippen molar-refractivity contribution < 1.29 is 13.2 Å². The van der Waals surface area contributed by atoms with Gasteiger partial charge in [0.15, 0.2) is 5.13 Å². The molecule has 2 aromatic heterocycles. The normalized spacial score (nSPS) is 11.4. The third-order valence-electron chi connectivity index (χ3n) is 4.69. The van der Waals surface area contributed by atoms with Gasteiger partial charge in [-0.05, 0) is 48.5 Å². The van der Waals surface area contributed by atoms with Gasteiger partial charge in [-0.3, -0.25) is 14.8 Å². The van der Waals surface area contributed by atoms with Crippen LogP contribution in [0.5, 0.6) is 0 Å². The number of nitrogens with one attached hydrogen (secondary N) is 2. The van der Waals surface area contributed by atoms with Crippen molar-refractivity contribution in [2.45, 2.75) is 4.90 Å². The minimum atomic E-state index is -3.69. The molecule has 33 heavy (non-hydrogen) atoms. The molecule has 0 aliphatic carbocycles. The van der Waals surface area contributed by atoms with E-state index in [0.717, 1.165) is 15.2 Å². The monoisotopic (exact) mass is 492 g/mol. The second-order valence-corrected chi connectivity index (χ2v) is 10.5. The van der Waals surface area contributed by atoms with E-state index in [1.54, 1.807) is 53.8 Å². The molecule has 0 saturated heterocycles. The highest BCUT2D eigenvalue weighted by Gasteiger charge is 2.15. The smallest absolute Gasteiger partial charge is 0.261 e. The second kappa shape index (κ2) is 8.74. The topological polar surface area (TPSA) is 101 Å². The van der Waals surface area contributed by atoms with Crippen LogP contribution in [0.4, 0.5) is 10.8 Å². The van der Waals surface area contributed by atoms with Crippen LogP contribution in [0.1, 0.15) is 10.4 Å². The molecule has 2 N–H and O–H groups in total. The maximum Gasteiger partial charge on any atom is 0.261 e. The molecule has 7 nitrogen and oxygen atoms in total. The fraction of sp³-hybridized carbons (Fsp3) is 0. The van der Waals surface area contributed by atoms with Gasteiger partial charge in [0.1, 0.15) is 10.7 Å². The first-order chi connectivity index (χ1) is 16.0. The van der Waals surface area contributed by atoms with Gasteiger partial charge in [-0.25, -0.2) is 18.4 Å². The highest BCUT2D eigenvalue weighted by Crippen LogP contribution is 2.32. The van der Waals surface area contributed by atoms with Crippen LogP contribution in [0.25, 0.3) is 20.9 Å². The molecule has 5 aromatic rings. The Hall–Kier alpha value is -3.60. The van der Waals surface area contributed by atoms with E-state index in [1.807, 2.05) is 29.6 Å². The number of carbonyl (C=O) groups is 1. The number of benzene rings is 3. The number of hydrogen-bond acceptors (Lipinski definition) is 7. The molecular formula is C23H16N4O3S3. The number of sulfonamides is 1. The number of aromatic nitrogens is 2. The molecule has 164 valence electrons. The zero-order valence-corrected chi connectivity index (χ0v) is 19.4. The summed E-state index contributed by atoms with van der Waals surface area (Å²) < 4.78 is 28.5. The summed E-state index contributed by atoms with van der Waals surface area (Å²) in [6, 6.07) is 22.2. The Balaban J connectivity index is 1.27. The summed E-state index contributed by atoms with van der Waals surface area (Å²) in [7, 11) is -3.69. The van der Waals surface area contributed by atoms with Gasteiger partial charge in [0.05, 0.1) is 15.1 Å². The Labute approximate surface area is 197 Å². The van der Waals surface area contributed by atoms with Gasteiger partial charge in [0.2, 0.25) is 0 Å². The lowest BCUT2D eigenvalue weighted by molar-refractivity contribution is 0.102. The van der Waals surface area contributed by atoms with Gasteiger partial charge < -0.3 is 0 Å². The van der Waals surface area contributed by atoms with Crippen LogP contribution < -0.4 is 10.0 Å². The van der Waals surface area contributed by atoms with Gasteiger partial charge in [-0.15, -0.1) is 22.7 Å². The number of anilines is 2. The number of amides is 1. The molecule has 0 saturated carbocycles. The van der Waals surface area contributed by atoms with E-state index in [2.05, 4.69) is 20.0 Å². The molecule has 0 aliphatic heterocycles.